The molecular formula is C44H83O8P. The first kappa shape index (κ1) is 51.5. The van der Waals surface area contributed by atoms with Crippen LogP contribution in [0.15, 0.2) is 24.3 Å². The lowest BCUT2D eigenvalue weighted by Crippen LogP contribution is -2.29. The van der Waals surface area contributed by atoms with Crippen LogP contribution < -0.4 is 0 Å². The van der Waals surface area contributed by atoms with Gasteiger partial charge in [0.2, 0.25) is 0 Å². The number of phosphoric acid groups is 1. The molecule has 0 aromatic heterocycles. The van der Waals surface area contributed by atoms with E-state index in [4.69, 9.17) is 14.0 Å². The Hall–Kier alpha value is -1.47. The van der Waals surface area contributed by atoms with Crippen molar-refractivity contribution in [2.45, 2.75) is 225 Å². The third kappa shape index (κ3) is 40.0. The molecule has 0 aromatic carbocycles. The maximum atomic E-state index is 12.5. The van der Waals surface area contributed by atoms with Crippen LogP contribution in [0.4, 0.5) is 0 Å². The molecule has 0 saturated carbocycles. The van der Waals surface area contributed by atoms with Crippen LogP contribution in [0.25, 0.3) is 0 Å². The summed E-state index contributed by atoms with van der Waals surface area (Å²) in [5, 5.41) is 0. The van der Waals surface area contributed by atoms with Gasteiger partial charge in [-0.3, -0.25) is 18.6 Å². The smallest absolute Gasteiger partial charge is 0.462 e. The average molecular weight is 771 g/mol. The molecule has 0 rings (SSSR count). The van der Waals surface area contributed by atoms with Gasteiger partial charge in [0.15, 0.2) is 6.10 Å². The van der Waals surface area contributed by atoms with E-state index in [0.29, 0.717) is 6.42 Å². The molecule has 0 amide bonds. The van der Waals surface area contributed by atoms with Crippen molar-refractivity contribution < 1.29 is 37.6 Å². The highest BCUT2D eigenvalue weighted by atomic mass is 31.2. The number of phosphoric ester groups is 1. The number of carbonyl (C=O) groups is 2. The van der Waals surface area contributed by atoms with Gasteiger partial charge in [-0.1, -0.05) is 167 Å². The minimum Gasteiger partial charge on any atom is -0.462 e. The highest BCUT2D eigenvalue weighted by molar-refractivity contribution is 7.47. The molecule has 0 radical (unpaired) electrons. The zero-order valence-corrected chi connectivity index (χ0v) is 35.6. The summed E-state index contributed by atoms with van der Waals surface area (Å²) >= 11 is 0. The molecule has 1 N–H and O–H groups in total. The lowest BCUT2D eigenvalue weighted by atomic mass is 10.1. The van der Waals surface area contributed by atoms with Crippen molar-refractivity contribution in [3.63, 3.8) is 0 Å². The standard InChI is InChI=1S/C44H83O8P/c1-4-6-8-10-12-14-16-18-19-20-21-22-23-24-25-27-29-31-33-35-37-39-44(46)52-42(41-51-53(47,48)49-3)40-50-43(45)38-36-34-32-30-28-26-17-15-13-11-9-7-5-2/h15,17,20-21,42H,4-14,16,18-19,22-41H2,1-3H3,(H,47,48)/b17-15-,21-20-. The van der Waals surface area contributed by atoms with E-state index in [1.165, 1.54) is 135 Å². The van der Waals surface area contributed by atoms with Gasteiger partial charge in [-0.05, 0) is 64.2 Å². The first-order valence-electron chi connectivity index (χ1n) is 22.0. The summed E-state index contributed by atoms with van der Waals surface area (Å²) in [6.07, 6.45) is 45.2. The van der Waals surface area contributed by atoms with E-state index in [2.05, 4.69) is 42.7 Å². The third-order valence-corrected chi connectivity index (χ3v) is 10.6. The lowest BCUT2D eigenvalue weighted by Gasteiger charge is -2.19. The summed E-state index contributed by atoms with van der Waals surface area (Å²) in [5.41, 5.74) is 0. The number of unbranched alkanes of at least 4 members (excludes halogenated alkanes) is 26. The Kier molecular flexibility index (Phi) is 39.1. The Labute approximate surface area is 326 Å². The summed E-state index contributed by atoms with van der Waals surface area (Å²) < 4.78 is 32.0. The van der Waals surface area contributed by atoms with Crippen molar-refractivity contribution in [3.05, 3.63) is 24.3 Å². The van der Waals surface area contributed by atoms with Gasteiger partial charge < -0.3 is 14.4 Å². The Balaban J connectivity index is 3.95. The van der Waals surface area contributed by atoms with E-state index in [1.807, 2.05) is 0 Å². The quantitative estimate of drug-likeness (QED) is 0.0283. The van der Waals surface area contributed by atoms with Gasteiger partial charge in [-0.15, -0.1) is 0 Å². The van der Waals surface area contributed by atoms with Crippen molar-refractivity contribution >= 4 is 19.8 Å². The maximum Gasteiger partial charge on any atom is 0.472 e. The Morgan fingerprint density at radius 3 is 1.25 bits per heavy atom. The zero-order chi connectivity index (χ0) is 38.9. The van der Waals surface area contributed by atoms with Crippen LogP contribution in [0.5, 0.6) is 0 Å². The predicted molar refractivity (Wildman–Crippen MR) is 221 cm³/mol. The summed E-state index contributed by atoms with van der Waals surface area (Å²) in [4.78, 5) is 34.4. The van der Waals surface area contributed by atoms with Gasteiger partial charge in [-0.25, -0.2) is 4.57 Å². The molecule has 53 heavy (non-hydrogen) atoms. The summed E-state index contributed by atoms with van der Waals surface area (Å²) in [6.45, 7) is 3.88. The monoisotopic (exact) mass is 771 g/mol. The van der Waals surface area contributed by atoms with Gasteiger partial charge in [0.25, 0.3) is 0 Å². The van der Waals surface area contributed by atoms with Crippen LogP contribution in [0.3, 0.4) is 0 Å². The van der Waals surface area contributed by atoms with Crippen LogP contribution in [-0.4, -0.2) is 43.3 Å². The van der Waals surface area contributed by atoms with Gasteiger partial charge >= 0.3 is 19.8 Å². The molecule has 0 saturated heterocycles. The summed E-state index contributed by atoms with van der Waals surface area (Å²) in [7, 11) is -3.20. The van der Waals surface area contributed by atoms with E-state index in [-0.39, 0.29) is 25.4 Å². The molecule has 0 bridgehead atoms. The molecule has 9 heteroatoms. The van der Waals surface area contributed by atoms with Crippen molar-refractivity contribution in [2.24, 2.45) is 0 Å². The highest BCUT2D eigenvalue weighted by Crippen LogP contribution is 2.42. The molecule has 0 aromatic rings. The first-order valence-corrected chi connectivity index (χ1v) is 23.5. The number of allylic oxidation sites excluding steroid dienone is 4. The number of rotatable bonds is 41. The molecule has 0 spiro atoms. The second kappa shape index (κ2) is 40.2. The fraction of sp³-hybridized carbons (Fsp3) is 0.864. The molecule has 0 aliphatic heterocycles. The van der Waals surface area contributed by atoms with E-state index in [9.17, 15) is 19.0 Å². The second-order valence-corrected chi connectivity index (χ2v) is 16.4. The molecule has 0 aliphatic carbocycles. The molecule has 0 aliphatic rings. The third-order valence-electron chi connectivity index (χ3n) is 9.67. The zero-order valence-electron chi connectivity index (χ0n) is 34.7. The summed E-state index contributed by atoms with van der Waals surface area (Å²) in [6, 6.07) is 0. The highest BCUT2D eigenvalue weighted by Gasteiger charge is 2.24. The van der Waals surface area contributed by atoms with E-state index >= 15 is 0 Å². The van der Waals surface area contributed by atoms with Crippen LogP contribution in [0.2, 0.25) is 0 Å². The minimum absolute atomic E-state index is 0.228. The number of hydrogen-bond acceptors (Lipinski definition) is 7. The van der Waals surface area contributed by atoms with Crippen molar-refractivity contribution in [2.75, 3.05) is 20.3 Å². The fourth-order valence-corrected chi connectivity index (χ4v) is 6.70. The van der Waals surface area contributed by atoms with Crippen LogP contribution >= 0.6 is 7.82 Å². The number of esters is 2. The second-order valence-electron chi connectivity index (χ2n) is 14.8. The number of carbonyl (C=O) groups excluding carboxylic acids is 2. The molecule has 0 heterocycles. The number of ether oxygens (including phenoxy) is 2. The Morgan fingerprint density at radius 2 is 0.849 bits per heavy atom. The van der Waals surface area contributed by atoms with E-state index in [0.717, 1.165) is 58.5 Å². The normalized spacial score (nSPS) is 13.5. The van der Waals surface area contributed by atoms with Gasteiger partial charge in [-0.2, -0.15) is 0 Å². The molecule has 2 atom stereocenters. The summed E-state index contributed by atoms with van der Waals surface area (Å²) in [5.74, 6) is -0.810. The van der Waals surface area contributed by atoms with Gasteiger partial charge in [0, 0.05) is 20.0 Å². The topological polar surface area (TPSA) is 108 Å². The first-order chi connectivity index (χ1) is 25.8. The van der Waals surface area contributed by atoms with E-state index in [1.54, 1.807) is 0 Å². The molecule has 2 unspecified atom stereocenters. The van der Waals surface area contributed by atoms with Crippen LogP contribution in [0.1, 0.15) is 219 Å². The van der Waals surface area contributed by atoms with Crippen molar-refractivity contribution in [3.8, 4) is 0 Å². The Bertz CT molecular complexity index is 921. The molecule has 312 valence electrons. The number of hydrogen-bond donors (Lipinski definition) is 1. The predicted octanol–water partition coefficient (Wildman–Crippen LogP) is 13.8. The average Bonchev–Trinajstić information content (AvgIpc) is 3.15. The molecule has 0 fully saturated rings. The van der Waals surface area contributed by atoms with Gasteiger partial charge in [0.05, 0.1) is 6.61 Å². The maximum absolute atomic E-state index is 12.5. The van der Waals surface area contributed by atoms with E-state index < -0.39 is 26.5 Å². The van der Waals surface area contributed by atoms with Crippen LogP contribution in [0, 0.1) is 0 Å². The minimum atomic E-state index is -4.26. The van der Waals surface area contributed by atoms with Crippen molar-refractivity contribution in [1.82, 2.24) is 0 Å². The molecular weight excluding hydrogens is 687 g/mol. The van der Waals surface area contributed by atoms with Gasteiger partial charge in [0.1, 0.15) is 6.61 Å². The largest absolute Gasteiger partial charge is 0.472 e. The lowest BCUT2D eigenvalue weighted by molar-refractivity contribution is -0.161. The SMILES string of the molecule is CCCCCC/C=C\CCCCCCCC(=O)OCC(COP(=O)(O)OC)OC(=O)CCCCCCCCCCC/C=C\CCCCCCCCCC. The van der Waals surface area contributed by atoms with Crippen LogP contribution in [-0.2, 0) is 32.7 Å². The molecule has 8 nitrogen and oxygen atoms in total. The fourth-order valence-electron chi connectivity index (χ4n) is 6.24. The van der Waals surface area contributed by atoms with Crippen molar-refractivity contribution in [1.29, 1.82) is 0 Å². The Morgan fingerprint density at radius 1 is 0.509 bits per heavy atom.